The number of rotatable bonds is 4. The number of amides is 1. The number of benzene rings is 1. The Kier molecular flexibility index (Phi) is 4.83. The lowest BCUT2D eigenvalue weighted by atomic mass is 10.1. The summed E-state index contributed by atoms with van der Waals surface area (Å²) in [4.78, 5) is 23.2. The van der Waals surface area contributed by atoms with E-state index in [2.05, 4.69) is 22.2 Å². The van der Waals surface area contributed by atoms with Crippen LogP contribution >= 0.6 is 0 Å². The van der Waals surface area contributed by atoms with E-state index in [-0.39, 0.29) is 5.91 Å². The maximum atomic E-state index is 12.5. The number of nitrogens with one attached hydrogen (secondary N) is 1. The van der Waals surface area contributed by atoms with E-state index in [0.29, 0.717) is 24.9 Å². The van der Waals surface area contributed by atoms with Gasteiger partial charge in [-0.15, -0.1) is 0 Å². The molecule has 0 unspecified atom stereocenters. The number of carbonyl (C=O) groups excluding carboxylic acids is 1. The van der Waals surface area contributed by atoms with Crippen molar-refractivity contribution in [1.82, 2.24) is 9.97 Å². The summed E-state index contributed by atoms with van der Waals surface area (Å²) in [5.74, 6) is 0.354. The molecule has 1 saturated heterocycles. The second kappa shape index (κ2) is 7.19. The molecular formula is C17H20N4O2. The van der Waals surface area contributed by atoms with Crippen LogP contribution in [0.5, 0.6) is 0 Å². The maximum absolute atomic E-state index is 12.5. The van der Waals surface area contributed by atoms with Gasteiger partial charge in [0, 0.05) is 25.0 Å². The van der Waals surface area contributed by atoms with Gasteiger partial charge in [0.05, 0.1) is 13.2 Å². The SMILES string of the molecule is CCc1ccccc1NC(=O)c1ccnc(N2CCOCC2)n1. The number of aromatic nitrogens is 2. The Morgan fingerprint density at radius 2 is 2.04 bits per heavy atom. The second-order valence-electron chi connectivity index (χ2n) is 5.31. The first kappa shape index (κ1) is 15.4. The van der Waals surface area contributed by atoms with Crippen molar-refractivity contribution in [2.75, 3.05) is 36.5 Å². The number of aryl methyl sites for hydroxylation is 1. The van der Waals surface area contributed by atoms with E-state index in [1.54, 1.807) is 12.3 Å². The predicted octanol–water partition coefficient (Wildman–Crippen LogP) is 2.13. The number of ether oxygens (including phenoxy) is 1. The van der Waals surface area contributed by atoms with Gasteiger partial charge in [0.2, 0.25) is 5.95 Å². The number of para-hydroxylation sites is 1. The third kappa shape index (κ3) is 3.65. The highest BCUT2D eigenvalue weighted by atomic mass is 16.5. The standard InChI is InChI=1S/C17H20N4O2/c1-2-13-5-3-4-6-14(13)19-16(22)15-7-8-18-17(20-15)21-9-11-23-12-10-21/h3-8H,2,9-12H2,1H3,(H,19,22). The van der Waals surface area contributed by atoms with Crippen molar-refractivity contribution < 1.29 is 9.53 Å². The molecule has 0 spiro atoms. The van der Waals surface area contributed by atoms with Gasteiger partial charge in [0.1, 0.15) is 5.69 Å². The van der Waals surface area contributed by atoms with Crippen LogP contribution in [0.25, 0.3) is 0 Å². The number of morpholine rings is 1. The maximum Gasteiger partial charge on any atom is 0.274 e. The molecule has 0 radical (unpaired) electrons. The van der Waals surface area contributed by atoms with Crippen LogP contribution in [0.1, 0.15) is 23.0 Å². The molecule has 120 valence electrons. The summed E-state index contributed by atoms with van der Waals surface area (Å²) in [6.07, 6.45) is 2.48. The summed E-state index contributed by atoms with van der Waals surface area (Å²) >= 11 is 0. The summed E-state index contributed by atoms with van der Waals surface area (Å²) in [6.45, 7) is 4.85. The van der Waals surface area contributed by atoms with Crippen LogP contribution in [0.2, 0.25) is 0 Å². The summed E-state index contributed by atoms with van der Waals surface area (Å²) in [5, 5.41) is 2.94. The highest BCUT2D eigenvalue weighted by molar-refractivity contribution is 6.03. The highest BCUT2D eigenvalue weighted by Crippen LogP contribution is 2.17. The van der Waals surface area contributed by atoms with Crippen LogP contribution in [0.3, 0.4) is 0 Å². The van der Waals surface area contributed by atoms with E-state index in [0.717, 1.165) is 30.8 Å². The molecular weight excluding hydrogens is 292 g/mol. The molecule has 1 aliphatic heterocycles. The molecule has 0 aliphatic carbocycles. The molecule has 0 bridgehead atoms. The molecule has 2 heterocycles. The Bertz CT molecular complexity index is 684. The van der Waals surface area contributed by atoms with E-state index >= 15 is 0 Å². The first-order chi connectivity index (χ1) is 11.3. The van der Waals surface area contributed by atoms with Gasteiger partial charge in [0.15, 0.2) is 0 Å². The normalized spacial score (nSPS) is 14.6. The molecule has 6 nitrogen and oxygen atoms in total. The van der Waals surface area contributed by atoms with Gasteiger partial charge in [-0.2, -0.15) is 0 Å². The Hall–Kier alpha value is -2.47. The molecule has 6 heteroatoms. The number of hydrogen-bond donors (Lipinski definition) is 1. The molecule has 23 heavy (non-hydrogen) atoms. The van der Waals surface area contributed by atoms with Crippen LogP contribution < -0.4 is 10.2 Å². The number of carbonyl (C=O) groups is 1. The van der Waals surface area contributed by atoms with Crippen molar-refractivity contribution in [3.8, 4) is 0 Å². The molecule has 1 aromatic heterocycles. The average molecular weight is 312 g/mol. The summed E-state index contributed by atoms with van der Waals surface area (Å²) in [7, 11) is 0. The number of anilines is 2. The third-order valence-corrected chi connectivity index (χ3v) is 3.82. The van der Waals surface area contributed by atoms with Gasteiger partial charge in [-0.25, -0.2) is 9.97 Å². The van der Waals surface area contributed by atoms with Crippen LogP contribution in [0.15, 0.2) is 36.5 Å². The van der Waals surface area contributed by atoms with Gasteiger partial charge in [-0.3, -0.25) is 4.79 Å². The Morgan fingerprint density at radius 1 is 1.26 bits per heavy atom. The lowest BCUT2D eigenvalue weighted by Crippen LogP contribution is -2.37. The lowest BCUT2D eigenvalue weighted by Gasteiger charge is -2.26. The van der Waals surface area contributed by atoms with E-state index < -0.39 is 0 Å². The average Bonchev–Trinajstić information content (AvgIpc) is 2.63. The Labute approximate surface area is 135 Å². The van der Waals surface area contributed by atoms with Crippen molar-refractivity contribution >= 4 is 17.5 Å². The topological polar surface area (TPSA) is 67.4 Å². The zero-order chi connectivity index (χ0) is 16.1. The van der Waals surface area contributed by atoms with Crippen molar-refractivity contribution in [1.29, 1.82) is 0 Å². The van der Waals surface area contributed by atoms with Gasteiger partial charge in [-0.05, 0) is 24.1 Å². The van der Waals surface area contributed by atoms with E-state index in [4.69, 9.17) is 4.74 Å². The van der Waals surface area contributed by atoms with Gasteiger partial charge in [0.25, 0.3) is 5.91 Å². The fourth-order valence-electron chi connectivity index (χ4n) is 2.53. The molecule has 0 atom stereocenters. The quantitative estimate of drug-likeness (QED) is 0.937. The molecule has 3 rings (SSSR count). The van der Waals surface area contributed by atoms with Crippen LogP contribution in [-0.4, -0.2) is 42.2 Å². The molecule has 1 aliphatic rings. The van der Waals surface area contributed by atoms with E-state index in [9.17, 15) is 4.79 Å². The second-order valence-corrected chi connectivity index (χ2v) is 5.31. The Morgan fingerprint density at radius 3 is 2.83 bits per heavy atom. The largest absolute Gasteiger partial charge is 0.378 e. The molecule has 1 fully saturated rings. The minimum Gasteiger partial charge on any atom is -0.378 e. The van der Waals surface area contributed by atoms with Gasteiger partial charge in [-0.1, -0.05) is 25.1 Å². The number of nitrogens with zero attached hydrogens (tertiary/aromatic N) is 3. The fraction of sp³-hybridized carbons (Fsp3) is 0.353. The highest BCUT2D eigenvalue weighted by Gasteiger charge is 2.16. The van der Waals surface area contributed by atoms with Crippen molar-refractivity contribution in [3.05, 3.63) is 47.8 Å². The van der Waals surface area contributed by atoms with E-state index in [1.165, 1.54) is 0 Å². The molecule has 1 N–H and O–H groups in total. The van der Waals surface area contributed by atoms with Crippen LogP contribution in [0, 0.1) is 0 Å². The van der Waals surface area contributed by atoms with Crippen molar-refractivity contribution in [3.63, 3.8) is 0 Å². The summed E-state index contributed by atoms with van der Waals surface area (Å²) in [6, 6.07) is 9.42. The lowest BCUT2D eigenvalue weighted by molar-refractivity contribution is 0.102. The fourth-order valence-corrected chi connectivity index (χ4v) is 2.53. The molecule has 2 aromatic rings. The van der Waals surface area contributed by atoms with Crippen LogP contribution in [0.4, 0.5) is 11.6 Å². The summed E-state index contributed by atoms with van der Waals surface area (Å²) < 4.78 is 5.33. The van der Waals surface area contributed by atoms with Crippen LogP contribution in [-0.2, 0) is 11.2 Å². The zero-order valence-corrected chi connectivity index (χ0v) is 13.2. The van der Waals surface area contributed by atoms with E-state index in [1.807, 2.05) is 29.2 Å². The molecule has 0 saturated carbocycles. The molecule has 1 aromatic carbocycles. The Balaban J connectivity index is 1.77. The third-order valence-electron chi connectivity index (χ3n) is 3.82. The minimum absolute atomic E-state index is 0.220. The molecule has 1 amide bonds. The monoisotopic (exact) mass is 312 g/mol. The van der Waals surface area contributed by atoms with Gasteiger partial charge < -0.3 is 15.0 Å². The zero-order valence-electron chi connectivity index (χ0n) is 13.2. The predicted molar refractivity (Wildman–Crippen MR) is 88.8 cm³/mol. The smallest absolute Gasteiger partial charge is 0.274 e. The first-order valence-corrected chi connectivity index (χ1v) is 7.83. The van der Waals surface area contributed by atoms with Gasteiger partial charge >= 0.3 is 0 Å². The number of hydrogen-bond acceptors (Lipinski definition) is 5. The minimum atomic E-state index is -0.220. The van der Waals surface area contributed by atoms with Crippen molar-refractivity contribution in [2.45, 2.75) is 13.3 Å². The first-order valence-electron chi connectivity index (χ1n) is 7.83. The van der Waals surface area contributed by atoms with Crippen molar-refractivity contribution in [2.24, 2.45) is 0 Å². The summed E-state index contributed by atoms with van der Waals surface area (Å²) in [5.41, 5.74) is 2.29.